The molecule has 0 aromatic heterocycles. The average Bonchev–Trinajstić information content (AvgIpc) is 2.46. The second kappa shape index (κ2) is 4.07. The third-order valence-corrected chi connectivity index (χ3v) is 2.70. The van der Waals surface area contributed by atoms with Crippen molar-refractivity contribution in [3.05, 3.63) is 0 Å². The summed E-state index contributed by atoms with van der Waals surface area (Å²) in [6.45, 7) is 3.17. The van der Waals surface area contributed by atoms with E-state index in [0.29, 0.717) is 13.2 Å². The van der Waals surface area contributed by atoms with Gasteiger partial charge in [0.2, 0.25) is 0 Å². The lowest BCUT2D eigenvalue weighted by Crippen LogP contribution is -2.48. The Balaban J connectivity index is 2.58. The molecule has 76 valence electrons. The normalized spacial score (nSPS) is 33.3. The molecule has 0 aromatic rings. The van der Waals surface area contributed by atoms with E-state index in [9.17, 15) is 4.79 Å². The molecule has 0 radical (unpaired) electrons. The standard InChI is InChI=1S/C9H17NO3/c1-3-7-5-13-6-9(7,10)4-8(11)12-2/h7H,3-6,10H2,1-2H3. The molecule has 1 heterocycles. The quantitative estimate of drug-likeness (QED) is 0.646. The summed E-state index contributed by atoms with van der Waals surface area (Å²) >= 11 is 0. The van der Waals surface area contributed by atoms with Crippen LogP contribution in [0.3, 0.4) is 0 Å². The van der Waals surface area contributed by atoms with Gasteiger partial charge in [0.15, 0.2) is 0 Å². The molecule has 4 heteroatoms. The van der Waals surface area contributed by atoms with Crippen LogP contribution in [-0.2, 0) is 14.3 Å². The fourth-order valence-electron chi connectivity index (χ4n) is 1.74. The number of hydrogen-bond acceptors (Lipinski definition) is 4. The zero-order chi connectivity index (χ0) is 9.90. The molecule has 1 aliphatic heterocycles. The molecule has 1 aliphatic rings. The second-order valence-electron chi connectivity index (χ2n) is 3.61. The molecular weight excluding hydrogens is 170 g/mol. The van der Waals surface area contributed by atoms with Crippen LogP contribution in [0, 0.1) is 5.92 Å². The van der Waals surface area contributed by atoms with Crippen LogP contribution in [0.15, 0.2) is 0 Å². The highest BCUT2D eigenvalue weighted by atomic mass is 16.5. The largest absolute Gasteiger partial charge is 0.469 e. The van der Waals surface area contributed by atoms with Crippen LogP contribution in [0.2, 0.25) is 0 Å². The van der Waals surface area contributed by atoms with Gasteiger partial charge in [-0.05, 0) is 6.42 Å². The number of ether oxygens (including phenoxy) is 2. The van der Waals surface area contributed by atoms with Crippen molar-refractivity contribution in [1.82, 2.24) is 0 Å². The molecule has 0 spiro atoms. The third kappa shape index (κ3) is 2.19. The van der Waals surface area contributed by atoms with E-state index in [2.05, 4.69) is 11.7 Å². The zero-order valence-corrected chi connectivity index (χ0v) is 8.21. The summed E-state index contributed by atoms with van der Waals surface area (Å²) in [6.07, 6.45) is 1.19. The minimum absolute atomic E-state index is 0.252. The molecule has 0 aromatic carbocycles. The lowest BCUT2D eigenvalue weighted by molar-refractivity contribution is -0.142. The number of carbonyl (C=O) groups is 1. The summed E-state index contributed by atoms with van der Waals surface area (Å²) in [5, 5.41) is 0. The summed E-state index contributed by atoms with van der Waals surface area (Å²) in [4.78, 5) is 11.1. The Morgan fingerprint density at radius 2 is 2.46 bits per heavy atom. The third-order valence-electron chi connectivity index (χ3n) is 2.70. The Bertz CT molecular complexity index is 195. The first-order chi connectivity index (χ1) is 6.12. The molecule has 0 saturated carbocycles. The van der Waals surface area contributed by atoms with Crippen molar-refractivity contribution in [3.63, 3.8) is 0 Å². The van der Waals surface area contributed by atoms with Gasteiger partial charge in [0.05, 0.1) is 32.3 Å². The van der Waals surface area contributed by atoms with Gasteiger partial charge in [-0.15, -0.1) is 0 Å². The van der Waals surface area contributed by atoms with E-state index < -0.39 is 5.54 Å². The van der Waals surface area contributed by atoms with Gasteiger partial charge in [0.1, 0.15) is 0 Å². The van der Waals surface area contributed by atoms with E-state index in [-0.39, 0.29) is 18.3 Å². The van der Waals surface area contributed by atoms with E-state index in [1.807, 2.05) is 0 Å². The van der Waals surface area contributed by atoms with Gasteiger partial charge in [0.25, 0.3) is 0 Å². The zero-order valence-electron chi connectivity index (χ0n) is 8.21. The van der Waals surface area contributed by atoms with E-state index in [1.54, 1.807) is 0 Å². The van der Waals surface area contributed by atoms with E-state index in [0.717, 1.165) is 6.42 Å². The minimum atomic E-state index is -0.512. The fourth-order valence-corrected chi connectivity index (χ4v) is 1.74. The van der Waals surface area contributed by atoms with E-state index >= 15 is 0 Å². The molecule has 0 amide bonds. The molecule has 2 unspecified atom stereocenters. The van der Waals surface area contributed by atoms with Gasteiger partial charge >= 0.3 is 5.97 Å². The maximum Gasteiger partial charge on any atom is 0.307 e. The van der Waals surface area contributed by atoms with Gasteiger partial charge in [-0.2, -0.15) is 0 Å². The Hall–Kier alpha value is -0.610. The van der Waals surface area contributed by atoms with Crippen molar-refractivity contribution >= 4 is 5.97 Å². The highest BCUT2D eigenvalue weighted by molar-refractivity contribution is 5.70. The summed E-state index contributed by atoms with van der Waals surface area (Å²) in [5.41, 5.74) is 5.55. The smallest absolute Gasteiger partial charge is 0.307 e. The average molecular weight is 187 g/mol. The number of carbonyl (C=O) groups excluding carboxylic acids is 1. The maximum atomic E-state index is 11.1. The van der Waals surface area contributed by atoms with Gasteiger partial charge < -0.3 is 15.2 Å². The highest BCUT2D eigenvalue weighted by Crippen LogP contribution is 2.28. The number of hydrogen-bond donors (Lipinski definition) is 1. The first kappa shape index (κ1) is 10.5. The summed E-state index contributed by atoms with van der Waals surface area (Å²) in [7, 11) is 1.38. The first-order valence-electron chi connectivity index (χ1n) is 4.56. The van der Waals surface area contributed by atoms with Crippen LogP contribution in [0.1, 0.15) is 19.8 Å². The molecule has 1 saturated heterocycles. The Morgan fingerprint density at radius 3 is 3.00 bits per heavy atom. The molecule has 2 atom stereocenters. The van der Waals surface area contributed by atoms with Crippen LogP contribution < -0.4 is 5.73 Å². The minimum Gasteiger partial charge on any atom is -0.469 e. The van der Waals surface area contributed by atoms with Gasteiger partial charge in [-0.25, -0.2) is 0 Å². The van der Waals surface area contributed by atoms with Crippen LogP contribution in [0.5, 0.6) is 0 Å². The number of nitrogens with two attached hydrogens (primary N) is 1. The first-order valence-corrected chi connectivity index (χ1v) is 4.56. The topological polar surface area (TPSA) is 61.5 Å². The Labute approximate surface area is 78.4 Å². The molecule has 1 fully saturated rings. The number of rotatable bonds is 3. The van der Waals surface area contributed by atoms with Gasteiger partial charge in [-0.3, -0.25) is 4.79 Å². The molecule has 0 aliphatic carbocycles. The summed E-state index contributed by atoms with van der Waals surface area (Å²) in [5.74, 6) is 0.0121. The van der Waals surface area contributed by atoms with Crippen molar-refractivity contribution in [2.24, 2.45) is 11.7 Å². The predicted octanol–water partition coefficient (Wildman–Crippen LogP) is 0.303. The van der Waals surface area contributed by atoms with Crippen LogP contribution in [0.25, 0.3) is 0 Å². The SMILES string of the molecule is CCC1COCC1(N)CC(=O)OC. The van der Waals surface area contributed by atoms with Crippen molar-refractivity contribution in [2.75, 3.05) is 20.3 Å². The van der Waals surface area contributed by atoms with Crippen molar-refractivity contribution < 1.29 is 14.3 Å². The molecule has 13 heavy (non-hydrogen) atoms. The van der Waals surface area contributed by atoms with E-state index in [4.69, 9.17) is 10.5 Å². The molecule has 1 rings (SSSR count). The summed E-state index contributed by atoms with van der Waals surface area (Å²) < 4.78 is 9.87. The lowest BCUT2D eigenvalue weighted by atomic mass is 9.83. The van der Waals surface area contributed by atoms with Crippen LogP contribution in [0.4, 0.5) is 0 Å². The molecule has 4 nitrogen and oxygen atoms in total. The lowest BCUT2D eigenvalue weighted by Gasteiger charge is -2.27. The fraction of sp³-hybridized carbons (Fsp3) is 0.889. The maximum absolute atomic E-state index is 11.1. The molecular formula is C9H17NO3. The van der Waals surface area contributed by atoms with Crippen molar-refractivity contribution in [1.29, 1.82) is 0 Å². The van der Waals surface area contributed by atoms with Gasteiger partial charge in [0, 0.05) is 5.92 Å². The van der Waals surface area contributed by atoms with Gasteiger partial charge in [-0.1, -0.05) is 6.92 Å². The number of esters is 1. The second-order valence-corrected chi connectivity index (χ2v) is 3.61. The van der Waals surface area contributed by atoms with Crippen molar-refractivity contribution in [3.8, 4) is 0 Å². The summed E-state index contributed by atoms with van der Waals surface area (Å²) in [6, 6.07) is 0. The van der Waals surface area contributed by atoms with Crippen LogP contribution >= 0.6 is 0 Å². The van der Waals surface area contributed by atoms with E-state index in [1.165, 1.54) is 7.11 Å². The predicted molar refractivity (Wildman–Crippen MR) is 48.2 cm³/mol. The number of methoxy groups -OCH3 is 1. The Morgan fingerprint density at radius 1 is 1.77 bits per heavy atom. The highest BCUT2D eigenvalue weighted by Gasteiger charge is 2.41. The molecule has 0 bridgehead atoms. The Kier molecular flexibility index (Phi) is 3.27. The van der Waals surface area contributed by atoms with Crippen LogP contribution in [-0.4, -0.2) is 31.8 Å². The van der Waals surface area contributed by atoms with Crippen molar-refractivity contribution in [2.45, 2.75) is 25.3 Å². The monoisotopic (exact) mass is 187 g/mol. The molecule has 2 N–H and O–H groups in total.